The molecule has 0 amide bonds. The summed E-state index contributed by atoms with van der Waals surface area (Å²) in [7, 11) is 3.44. The van der Waals surface area contributed by atoms with E-state index >= 15 is 0 Å². The predicted octanol–water partition coefficient (Wildman–Crippen LogP) is 2.58. The second-order valence-corrected chi connectivity index (χ2v) is 3.60. The summed E-state index contributed by atoms with van der Waals surface area (Å²) in [5.74, 6) is 1.49. The lowest BCUT2D eigenvalue weighted by Gasteiger charge is -2.10. The van der Waals surface area contributed by atoms with Gasteiger partial charge in [0.2, 0.25) is 5.95 Å². The summed E-state index contributed by atoms with van der Waals surface area (Å²) >= 11 is 6.14. The van der Waals surface area contributed by atoms with Crippen LogP contribution >= 0.6 is 11.6 Å². The van der Waals surface area contributed by atoms with Crippen molar-refractivity contribution in [3.8, 4) is 11.4 Å². The van der Waals surface area contributed by atoms with Crippen LogP contribution < -0.4 is 10.1 Å². The van der Waals surface area contributed by atoms with Gasteiger partial charge in [-0.1, -0.05) is 11.6 Å². The van der Waals surface area contributed by atoms with Gasteiger partial charge in [-0.3, -0.25) is 4.57 Å². The average Bonchev–Trinajstić information content (AvgIpc) is 2.77. The monoisotopic (exact) mass is 237 g/mol. The van der Waals surface area contributed by atoms with E-state index in [1.165, 1.54) is 0 Å². The Morgan fingerprint density at radius 1 is 1.44 bits per heavy atom. The SMILES string of the molecule is CNc1nccn1-c1cc(OC)ccc1Cl. The van der Waals surface area contributed by atoms with Crippen LogP contribution in [0.25, 0.3) is 5.69 Å². The molecule has 0 aliphatic rings. The zero-order valence-electron chi connectivity index (χ0n) is 9.07. The highest BCUT2D eigenvalue weighted by Crippen LogP contribution is 2.27. The summed E-state index contributed by atoms with van der Waals surface area (Å²) < 4.78 is 7.03. The van der Waals surface area contributed by atoms with Crippen molar-refractivity contribution in [1.29, 1.82) is 0 Å². The first-order valence-electron chi connectivity index (χ1n) is 4.81. The first-order chi connectivity index (χ1) is 7.76. The Morgan fingerprint density at radius 2 is 2.25 bits per heavy atom. The smallest absolute Gasteiger partial charge is 0.207 e. The molecule has 0 saturated carbocycles. The first-order valence-corrected chi connectivity index (χ1v) is 5.19. The van der Waals surface area contributed by atoms with Crippen LogP contribution in [0.2, 0.25) is 5.02 Å². The van der Waals surface area contributed by atoms with E-state index in [4.69, 9.17) is 16.3 Å². The normalized spacial score (nSPS) is 10.2. The molecule has 4 nitrogen and oxygen atoms in total. The van der Waals surface area contributed by atoms with Crippen molar-refractivity contribution in [3.05, 3.63) is 35.6 Å². The van der Waals surface area contributed by atoms with Gasteiger partial charge in [-0.2, -0.15) is 0 Å². The van der Waals surface area contributed by atoms with E-state index in [9.17, 15) is 0 Å². The lowest BCUT2D eigenvalue weighted by Crippen LogP contribution is -2.01. The molecule has 16 heavy (non-hydrogen) atoms. The molecule has 1 N–H and O–H groups in total. The third-order valence-corrected chi connectivity index (χ3v) is 2.60. The summed E-state index contributed by atoms with van der Waals surface area (Å²) in [5, 5.41) is 3.64. The summed E-state index contributed by atoms with van der Waals surface area (Å²) in [6.07, 6.45) is 3.55. The van der Waals surface area contributed by atoms with Crippen molar-refractivity contribution in [1.82, 2.24) is 9.55 Å². The average molecular weight is 238 g/mol. The van der Waals surface area contributed by atoms with Gasteiger partial charge in [-0.05, 0) is 12.1 Å². The number of nitrogens with one attached hydrogen (secondary N) is 1. The Balaban J connectivity index is 2.54. The molecule has 0 unspecified atom stereocenters. The van der Waals surface area contributed by atoms with Crippen LogP contribution in [0.15, 0.2) is 30.6 Å². The number of hydrogen-bond donors (Lipinski definition) is 1. The van der Waals surface area contributed by atoms with Gasteiger partial charge < -0.3 is 10.1 Å². The molecule has 1 heterocycles. The van der Waals surface area contributed by atoms with E-state index in [1.807, 2.05) is 29.9 Å². The van der Waals surface area contributed by atoms with E-state index in [0.29, 0.717) is 5.02 Å². The quantitative estimate of drug-likeness (QED) is 0.892. The van der Waals surface area contributed by atoms with Gasteiger partial charge in [0, 0.05) is 25.5 Å². The first kappa shape index (κ1) is 10.8. The minimum atomic E-state index is 0.648. The van der Waals surface area contributed by atoms with Crippen LogP contribution in [-0.4, -0.2) is 23.7 Å². The second kappa shape index (κ2) is 4.45. The Bertz CT molecular complexity index is 496. The number of hydrogen-bond acceptors (Lipinski definition) is 3. The van der Waals surface area contributed by atoms with Crippen LogP contribution in [0.3, 0.4) is 0 Å². The Hall–Kier alpha value is -1.68. The van der Waals surface area contributed by atoms with E-state index < -0.39 is 0 Å². The topological polar surface area (TPSA) is 39.1 Å². The van der Waals surface area contributed by atoms with Crippen molar-refractivity contribution < 1.29 is 4.74 Å². The molecule has 0 aliphatic heterocycles. The van der Waals surface area contributed by atoms with Crippen molar-refractivity contribution in [2.75, 3.05) is 19.5 Å². The van der Waals surface area contributed by atoms with Crippen LogP contribution in [0.1, 0.15) is 0 Å². The highest BCUT2D eigenvalue weighted by Gasteiger charge is 2.08. The van der Waals surface area contributed by atoms with Crippen LogP contribution in [-0.2, 0) is 0 Å². The maximum Gasteiger partial charge on any atom is 0.207 e. The molecule has 0 spiro atoms. The molecule has 0 bridgehead atoms. The summed E-state index contributed by atoms with van der Waals surface area (Å²) in [5.41, 5.74) is 0.836. The Labute approximate surface area is 98.8 Å². The molecule has 0 radical (unpaired) electrons. The number of methoxy groups -OCH3 is 1. The van der Waals surface area contributed by atoms with Crippen molar-refractivity contribution >= 4 is 17.5 Å². The highest BCUT2D eigenvalue weighted by molar-refractivity contribution is 6.32. The molecule has 1 aromatic carbocycles. The number of rotatable bonds is 3. The largest absolute Gasteiger partial charge is 0.497 e. The third kappa shape index (κ3) is 1.84. The third-order valence-electron chi connectivity index (χ3n) is 2.28. The molecule has 0 saturated heterocycles. The minimum absolute atomic E-state index is 0.648. The number of imidazole rings is 1. The van der Waals surface area contributed by atoms with Gasteiger partial charge in [-0.15, -0.1) is 0 Å². The molecule has 0 aliphatic carbocycles. The molecule has 5 heteroatoms. The highest BCUT2D eigenvalue weighted by atomic mass is 35.5. The van der Waals surface area contributed by atoms with Gasteiger partial charge >= 0.3 is 0 Å². The van der Waals surface area contributed by atoms with Crippen molar-refractivity contribution in [2.45, 2.75) is 0 Å². The fourth-order valence-electron chi connectivity index (χ4n) is 1.49. The minimum Gasteiger partial charge on any atom is -0.497 e. The number of anilines is 1. The number of benzene rings is 1. The van der Waals surface area contributed by atoms with Crippen LogP contribution in [0, 0.1) is 0 Å². The molecule has 2 rings (SSSR count). The van der Waals surface area contributed by atoms with Gasteiger partial charge in [0.25, 0.3) is 0 Å². The summed E-state index contributed by atoms with van der Waals surface area (Å²) in [4.78, 5) is 4.16. The van der Waals surface area contributed by atoms with Crippen LogP contribution in [0.5, 0.6) is 5.75 Å². The Morgan fingerprint density at radius 3 is 2.94 bits per heavy atom. The fraction of sp³-hybridized carbons (Fsp3) is 0.182. The molecular weight excluding hydrogens is 226 g/mol. The van der Waals surface area contributed by atoms with Gasteiger partial charge in [0.1, 0.15) is 5.75 Å². The van der Waals surface area contributed by atoms with E-state index in [-0.39, 0.29) is 0 Å². The lowest BCUT2D eigenvalue weighted by molar-refractivity contribution is 0.414. The number of aromatic nitrogens is 2. The van der Waals surface area contributed by atoms with Gasteiger partial charge in [0.05, 0.1) is 17.8 Å². The fourth-order valence-corrected chi connectivity index (χ4v) is 1.70. The van der Waals surface area contributed by atoms with Gasteiger partial charge in [-0.25, -0.2) is 4.98 Å². The van der Waals surface area contributed by atoms with Gasteiger partial charge in [0.15, 0.2) is 0 Å². The standard InChI is InChI=1S/C11H12ClN3O/c1-13-11-14-5-6-15(11)10-7-8(16-2)3-4-9(10)12/h3-7H,1-2H3,(H,13,14). The number of nitrogens with zero attached hydrogens (tertiary/aromatic N) is 2. The van der Waals surface area contributed by atoms with Crippen molar-refractivity contribution in [2.24, 2.45) is 0 Å². The number of halogens is 1. The molecule has 1 aromatic heterocycles. The maximum atomic E-state index is 6.14. The molecule has 84 valence electrons. The lowest BCUT2D eigenvalue weighted by atomic mass is 10.3. The van der Waals surface area contributed by atoms with E-state index in [2.05, 4.69) is 10.3 Å². The number of ether oxygens (including phenoxy) is 1. The maximum absolute atomic E-state index is 6.14. The zero-order chi connectivity index (χ0) is 11.5. The molecule has 0 atom stereocenters. The Kier molecular flexibility index (Phi) is 3.01. The molecule has 2 aromatic rings. The van der Waals surface area contributed by atoms with Crippen LogP contribution in [0.4, 0.5) is 5.95 Å². The zero-order valence-corrected chi connectivity index (χ0v) is 9.82. The van der Waals surface area contributed by atoms with E-state index in [0.717, 1.165) is 17.4 Å². The molecular formula is C11H12ClN3O. The summed E-state index contributed by atoms with van der Waals surface area (Å²) in [6.45, 7) is 0. The van der Waals surface area contributed by atoms with Crippen molar-refractivity contribution in [3.63, 3.8) is 0 Å². The summed E-state index contributed by atoms with van der Waals surface area (Å²) in [6, 6.07) is 5.49. The predicted molar refractivity (Wildman–Crippen MR) is 64.7 cm³/mol. The second-order valence-electron chi connectivity index (χ2n) is 3.19. The molecule has 0 fully saturated rings. The van der Waals surface area contributed by atoms with E-state index in [1.54, 1.807) is 19.4 Å².